The maximum atomic E-state index is 13.0. The Hall–Kier alpha value is -2.49. The zero-order chi connectivity index (χ0) is 21.8. The molecule has 0 saturated heterocycles. The molecule has 1 aromatic carbocycles. The van der Waals surface area contributed by atoms with Gasteiger partial charge in [-0.15, -0.1) is 11.3 Å². The van der Waals surface area contributed by atoms with E-state index >= 15 is 0 Å². The van der Waals surface area contributed by atoms with Crippen molar-refractivity contribution in [2.45, 2.75) is 43.4 Å². The van der Waals surface area contributed by atoms with E-state index in [9.17, 15) is 4.79 Å². The molecule has 4 rings (SSSR count). The molecule has 160 valence electrons. The molecule has 0 radical (unpaired) electrons. The molecular weight excluding hydrogens is 452 g/mol. The number of carbonyl (C=O) groups is 1. The first kappa shape index (κ1) is 21.7. The molecular formula is C21H21ClN6OS2. The van der Waals surface area contributed by atoms with Crippen LogP contribution in [0.5, 0.6) is 0 Å². The Labute approximate surface area is 193 Å². The standard InChI is InChI=1S/C21H21ClN6OS2/c1-3-4-9-17(19(29)27-21-26-13(2)11-30-21)31-20-14-10-25-28(18(14)23-12-24-20)16-8-6-5-7-15(16)22/h5-8,10-12,17H,3-4,9H2,1-2H3,(H,26,27,29)/t17-/m1/s1. The number of nitrogens with one attached hydrogen (secondary N) is 1. The quantitative estimate of drug-likeness (QED) is 0.268. The summed E-state index contributed by atoms with van der Waals surface area (Å²) < 4.78 is 1.70. The average Bonchev–Trinajstić information content (AvgIpc) is 3.38. The Morgan fingerprint density at radius 2 is 2.16 bits per heavy atom. The third-order valence-electron chi connectivity index (χ3n) is 4.63. The van der Waals surface area contributed by atoms with Crippen molar-refractivity contribution in [3.8, 4) is 5.69 Å². The van der Waals surface area contributed by atoms with Crippen molar-refractivity contribution >= 4 is 56.8 Å². The summed E-state index contributed by atoms with van der Waals surface area (Å²) in [7, 11) is 0. The van der Waals surface area contributed by atoms with E-state index in [0.717, 1.165) is 41.1 Å². The van der Waals surface area contributed by atoms with Gasteiger partial charge in [0.05, 0.1) is 33.2 Å². The third kappa shape index (κ3) is 4.89. The van der Waals surface area contributed by atoms with Gasteiger partial charge >= 0.3 is 0 Å². The fourth-order valence-corrected chi connectivity index (χ4v) is 5.09. The van der Waals surface area contributed by atoms with Crippen LogP contribution in [0.15, 0.2) is 47.2 Å². The van der Waals surface area contributed by atoms with Crippen LogP contribution in [-0.2, 0) is 4.79 Å². The van der Waals surface area contributed by atoms with Crippen LogP contribution in [-0.4, -0.2) is 35.9 Å². The first-order valence-electron chi connectivity index (χ1n) is 9.90. The van der Waals surface area contributed by atoms with E-state index in [1.807, 2.05) is 36.6 Å². The third-order valence-corrected chi connectivity index (χ3v) is 7.10. The van der Waals surface area contributed by atoms with Crippen LogP contribution in [0.2, 0.25) is 5.02 Å². The Bertz CT molecular complexity index is 1210. The molecule has 0 unspecified atom stereocenters. The second-order valence-electron chi connectivity index (χ2n) is 6.96. The molecule has 3 aromatic heterocycles. The summed E-state index contributed by atoms with van der Waals surface area (Å²) in [5, 5.41) is 11.7. The van der Waals surface area contributed by atoms with Crippen molar-refractivity contribution in [2.75, 3.05) is 5.32 Å². The SMILES string of the molecule is CCCC[C@@H](Sc1ncnc2c1cnn2-c1ccccc1Cl)C(=O)Nc1nc(C)cs1. The number of benzene rings is 1. The number of thiazole rings is 1. The summed E-state index contributed by atoms with van der Waals surface area (Å²) in [5.74, 6) is -0.0712. The van der Waals surface area contributed by atoms with Gasteiger partial charge in [0.1, 0.15) is 11.4 Å². The number of fused-ring (bicyclic) bond motifs is 1. The monoisotopic (exact) mass is 472 g/mol. The number of para-hydroxylation sites is 1. The second-order valence-corrected chi connectivity index (χ2v) is 9.41. The number of unbranched alkanes of at least 4 members (excludes halogenated alkanes) is 1. The van der Waals surface area contributed by atoms with Crippen LogP contribution < -0.4 is 5.32 Å². The summed E-state index contributed by atoms with van der Waals surface area (Å²) in [5.41, 5.74) is 2.28. The molecule has 0 aliphatic carbocycles. The molecule has 1 atom stereocenters. The number of anilines is 1. The predicted molar refractivity (Wildman–Crippen MR) is 126 cm³/mol. The van der Waals surface area contributed by atoms with Crippen molar-refractivity contribution < 1.29 is 4.79 Å². The van der Waals surface area contributed by atoms with E-state index in [0.29, 0.717) is 15.8 Å². The Morgan fingerprint density at radius 3 is 2.90 bits per heavy atom. The van der Waals surface area contributed by atoms with Gasteiger partial charge in [-0.05, 0) is 25.5 Å². The lowest BCUT2D eigenvalue weighted by atomic mass is 10.2. The van der Waals surface area contributed by atoms with Crippen molar-refractivity contribution in [3.63, 3.8) is 0 Å². The highest BCUT2D eigenvalue weighted by Crippen LogP contribution is 2.32. The number of aryl methyl sites for hydroxylation is 1. The van der Waals surface area contributed by atoms with E-state index in [1.165, 1.54) is 29.4 Å². The fourth-order valence-electron chi connectivity index (χ4n) is 3.08. The molecule has 0 saturated carbocycles. The normalized spacial score (nSPS) is 12.2. The van der Waals surface area contributed by atoms with Gasteiger partial charge in [-0.25, -0.2) is 19.6 Å². The number of thioether (sulfide) groups is 1. The molecule has 7 nitrogen and oxygen atoms in total. The molecule has 10 heteroatoms. The maximum absolute atomic E-state index is 13.0. The first-order valence-corrected chi connectivity index (χ1v) is 12.0. The molecule has 31 heavy (non-hydrogen) atoms. The number of amides is 1. The number of carbonyl (C=O) groups excluding carboxylic acids is 1. The number of halogens is 1. The van der Waals surface area contributed by atoms with E-state index in [-0.39, 0.29) is 11.2 Å². The molecule has 1 amide bonds. The second kappa shape index (κ2) is 9.76. The Balaban J connectivity index is 1.63. The molecule has 0 spiro atoms. The van der Waals surface area contributed by atoms with Crippen LogP contribution in [0.4, 0.5) is 5.13 Å². The van der Waals surface area contributed by atoms with Gasteiger partial charge in [0, 0.05) is 5.38 Å². The Kier molecular flexibility index (Phi) is 6.84. The van der Waals surface area contributed by atoms with Gasteiger partial charge in [0.15, 0.2) is 10.8 Å². The van der Waals surface area contributed by atoms with Crippen LogP contribution in [0.25, 0.3) is 16.7 Å². The van der Waals surface area contributed by atoms with Gasteiger partial charge in [-0.1, -0.05) is 55.3 Å². The minimum absolute atomic E-state index is 0.0712. The maximum Gasteiger partial charge on any atom is 0.239 e. The van der Waals surface area contributed by atoms with E-state index in [4.69, 9.17) is 11.6 Å². The minimum Gasteiger partial charge on any atom is -0.301 e. The molecule has 1 N–H and O–H groups in total. The first-order chi connectivity index (χ1) is 15.1. The van der Waals surface area contributed by atoms with Gasteiger partial charge < -0.3 is 5.32 Å². The van der Waals surface area contributed by atoms with Crippen LogP contribution in [0.3, 0.4) is 0 Å². The number of aromatic nitrogens is 5. The summed E-state index contributed by atoms with van der Waals surface area (Å²) in [6.45, 7) is 4.02. The van der Waals surface area contributed by atoms with E-state index in [1.54, 1.807) is 10.9 Å². The van der Waals surface area contributed by atoms with Gasteiger partial charge in [0.2, 0.25) is 5.91 Å². The van der Waals surface area contributed by atoms with Gasteiger partial charge in [-0.2, -0.15) is 5.10 Å². The lowest BCUT2D eigenvalue weighted by Crippen LogP contribution is -2.25. The van der Waals surface area contributed by atoms with Crippen LogP contribution >= 0.6 is 34.7 Å². The molecule has 3 heterocycles. The predicted octanol–water partition coefficient (Wildman–Crippen LogP) is 5.52. The largest absolute Gasteiger partial charge is 0.301 e. The van der Waals surface area contributed by atoms with Crippen molar-refractivity contribution in [1.82, 2.24) is 24.7 Å². The minimum atomic E-state index is -0.300. The fraction of sp³-hybridized carbons (Fsp3) is 0.286. The summed E-state index contributed by atoms with van der Waals surface area (Å²) in [6, 6.07) is 7.47. The molecule has 0 aliphatic heterocycles. The lowest BCUT2D eigenvalue weighted by molar-refractivity contribution is -0.115. The van der Waals surface area contributed by atoms with Crippen LogP contribution in [0, 0.1) is 6.92 Å². The highest BCUT2D eigenvalue weighted by molar-refractivity contribution is 8.00. The molecule has 4 aromatic rings. The highest BCUT2D eigenvalue weighted by atomic mass is 35.5. The molecule has 0 bridgehead atoms. The van der Waals surface area contributed by atoms with Gasteiger partial charge in [0.25, 0.3) is 0 Å². The van der Waals surface area contributed by atoms with Crippen molar-refractivity contribution in [3.05, 3.63) is 52.9 Å². The summed E-state index contributed by atoms with van der Waals surface area (Å²) in [6.07, 6.45) is 5.90. The van der Waals surface area contributed by atoms with Gasteiger partial charge in [-0.3, -0.25) is 4.79 Å². The topological polar surface area (TPSA) is 85.6 Å². The molecule has 0 fully saturated rings. The van der Waals surface area contributed by atoms with E-state index in [2.05, 4.69) is 32.3 Å². The van der Waals surface area contributed by atoms with Crippen molar-refractivity contribution in [2.24, 2.45) is 0 Å². The summed E-state index contributed by atoms with van der Waals surface area (Å²) in [4.78, 5) is 26.2. The number of nitrogens with zero attached hydrogens (tertiary/aromatic N) is 5. The lowest BCUT2D eigenvalue weighted by Gasteiger charge is -2.15. The van der Waals surface area contributed by atoms with Crippen molar-refractivity contribution in [1.29, 1.82) is 0 Å². The van der Waals surface area contributed by atoms with Crippen LogP contribution in [0.1, 0.15) is 31.9 Å². The Morgan fingerprint density at radius 1 is 1.32 bits per heavy atom. The average molecular weight is 473 g/mol. The zero-order valence-electron chi connectivity index (χ0n) is 17.1. The smallest absolute Gasteiger partial charge is 0.239 e. The number of rotatable bonds is 8. The zero-order valence-corrected chi connectivity index (χ0v) is 19.5. The summed E-state index contributed by atoms with van der Waals surface area (Å²) >= 11 is 9.21. The van der Waals surface area contributed by atoms with E-state index < -0.39 is 0 Å². The highest BCUT2D eigenvalue weighted by Gasteiger charge is 2.23. The molecule has 0 aliphatic rings. The number of hydrogen-bond donors (Lipinski definition) is 1. The number of hydrogen-bond acceptors (Lipinski definition) is 7.